The van der Waals surface area contributed by atoms with Gasteiger partial charge in [-0.3, -0.25) is 4.40 Å². The maximum Gasteiger partial charge on any atom is 0.195 e. The molecule has 2 atom stereocenters. The highest BCUT2D eigenvalue weighted by Gasteiger charge is 2.26. The fourth-order valence-electron chi connectivity index (χ4n) is 3.14. The van der Waals surface area contributed by atoms with Gasteiger partial charge in [0.05, 0.1) is 5.69 Å². The molecule has 0 aliphatic carbocycles. The molecule has 2 unspecified atom stereocenters. The van der Waals surface area contributed by atoms with E-state index in [1.54, 1.807) is 11.3 Å². The first-order chi connectivity index (χ1) is 10.1. The van der Waals surface area contributed by atoms with Crippen molar-refractivity contribution in [2.45, 2.75) is 38.3 Å². The molecule has 0 bridgehead atoms. The highest BCUT2D eigenvalue weighted by molar-refractivity contribution is 7.15. The molecule has 2 aromatic rings. The van der Waals surface area contributed by atoms with Gasteiger partial charge in [0.2, 0.25) is 0 Å². The Kier molecular flexibility index (Phi) is 4.19. The van der Waals surface area contributed by atoms with Crippen molar-refractivity contribution in [1.82, 2.24) is 14.3 Å². The molecule has 116 valence electrons. The maximum atomic E-state index is 6.05. The second kappa shape index (κ2) is 5.94. The van der Waals surface area contributed by atoms with Crippen molar-refractivity contribution in [3.05, 3.63) is 17.3 Å². The van der Waals surface area contributed by atoms with E-state index in [1.807, 2.05) is 0 Å². The van der Waals surface area contributed by atoms with Crippen LogP contribution in [0.2, 0.25) is 0 Å². The fourth-order valence-corrected chi connectivity index (χ4v) is 3.87. The standard InChI is InChI=1S/C15H25N5S/c1-11(16)9-13-14(17-15-20(13)7-8-21-15)19-6-4-5-12(10-19)18(2)3/h7-8,11-12H,4-6,9-10,16H2,1-3H3. The third-order valence-corrected chi connectivity index (χ3v) is 5.04. The molecule has 0 spiro atoms. The van der Waals surface area contributed by atoms with Crippen LogP contribution in [0.25, 0.3) is 4.96 Å². The molecule has 3 heterocycles. The first-order valence-corrected chi connectivity index (χ1v) is 8.55. The normalized spacial score (nSPS) is 21.4. The molecule has 1 aliphatic heterocycles. The van der Waals surface area contributed by atoms with Gasteiger partial charge in [0.1, 0.15) is 0 Å². The zero-order chi connectivity index (χ0) is 15.0. The minimum Gasteiger partial charge on any atom is -0.353 e. The van der Waals surface area contributed by atoms with E-state index < -0.39 is 0 Å². The van der Waals surface area contributed by atoms with E-state index >= 15 is 0 Å². The lowest BCUT2D eigenvalue weighted by molar-refractivity contribution is 0.257. The maximum absolute atomic E-state index is 6.05. The van der Waals surface area contributed by atoms with E-state index in [-0.39, 0.29) is 6.04 Å². The van der Waals surface area contributed by atoms with Gasteiger partial charge in [0.15, 0.2) is 10.8 Å². The molecule has 6 heteroatoms. The van der Waals surface area contributed by atoms with Crippen molar-refractivity contribution >= 4 is 22.1 Å². The number of anilines is 1. The number of nitrogens with zero attached hydrogens (tertiary/aromatic N) is 4. The molecular formula is C15H25N5S. The van der Waals surface area contributed by atoms with Crippen molar-refractivity contribution in [2.24, 2.45) is 5.73 Å². The molecule has 3 rings (SSSR count). The fraction of sp³-hybridized carbons (Fsp3) is 0.667. The molecule has 1 aliphatic rings. The third kappa shape index (κ3) is 2.93. The molecular weight excluding hydrogens is 282 g/mol. The summed E-state index contributed by atoms with van der Waals surface area (Å²) in [6.07, 6.45) is 5.48. The number of piperidine rings is 1. The minimum absolute atomic E-state index is 0.151. The molecule has 2 N–H and O–H groups in total. The van der Waals surface area contributed by atoms with Gasteiger partial charge in [-0.25, -0.2) is 4.98 Å². The topological polar surface area (TPSA) is 49.8 Å². The quantitative estimate of drug-likeness (QED) is 0.936. The average Bonchev–Trinajstić information content (AvgIpc) is 3.01. The number of nitrogens with two attached hydrogens (primary N) is 1. The second-order valence-corrected chi connectivity index (χ2v) is 7.20. The number of imidazole rings is 1. The Morgan fingerprint density at radius 2 is 2.33 bits per heavy atom. The van der Waals surface area contributed by atoms with E-state index in [2.05, 4.69) is 46.8 Å². The SMILES string of the molecule is CC(N)Cc1c(N2CCCC(N(C)C)C2)nc2sccn12. The Labute approximate surface area is 130 Å². The highest BCUT2D eigenvalue weighted by Crippen LogP contribution is 2.28. The summed E-state index contributed by atoms with van der Waals surface area (Å²) in [4.78, 5) is 10.7. The molecule has 5 nitrogen and oxygen atoms in total. The highest BCUT2D eigenvalue weighted by atomic mass is 32.1. The van der Waals surface area contributed by atoms with E-state index in [0.717, 1.165) is 30.3 Å². The van der Waals surface area contributed by atoms with Gasteiger partial charge in [0.25, 0.3) is 0 Å². The van der Waals surface area contributed by atoms with Crippen LogP contribution in [0.3, 0.4) is 0 Å². The number of aromatic nitrogens is 2. The lowest BCUT2D eigenvalue weighted by Crippen LogP contribution is -2.45. The van der Waals surface area contributed by atoms with Crippen molar-refractivity contribution in [3.63, 3.8) is 0 Å². The smallest absolute Gasteiger partial charge is 0.195 e. The Balaban J connectivity index is 1.93. The summed E-state index contributed by atoms with van der Waals surface area (Å²) in [5.41, 5.74) is 7.32. The average molecular weight is 307 g/mol. The van der Waals surface area contributed by atoms with Crippen LogP contribution in [-0.2, 0) is 6.42 Å². The summed E-state index contributed by atoms with van der Waals surface area (Å²) in [5.74, 6) is 1.14. The molecule has 1 fully saturated rings. The van der Waals surface area contributed by atoms with Crippen LogP contribution in [0.4, 0.5) is 5.82 Å². The Morgan fingerprint density at radius 3 is 3.05 bits per heavy atom. The van der Waals surface area contributed by atoms with Crippen molar-refractivity contribution in [1.29, 1.82) is 0 Å². The molecule has 0 radical (unpaired) electrons. The minimum atomic E-state index is 0.151. The summed E-state index contributed by atoms with van der Waals surface area (Å²) < 4.78 is 2.21. The van der Waals surface area contributed by atoms with Gasteiger partial charge in [-0.1, -0.05) is 0 Å². The predicted octanol–water partition coefficient (Wildman–Crippen LogP) is 1.82. The number of hydrogen-bond donors (Lipinski definition) is 1. The molecule has 1 saturated heterocycles. The van der Waals surface area contributed by atoms with Crippen LogP contribution in [0, 0.1) is 0 Å². The Hall–Kier alpha value is -1.11. The van der Waals surface area contributed by atoms with E-state index in [0.29, 0.717) is 6.04 Å². The molecule has 0 amide bonds. The van der Waals surface area contributed by atoms with Gasteiger partial charge in [-0.15, -0.1) is 11.3 Å². The zero-order valence-electron chi connectivity index (χ0n) is 13.1. The first-order valence-electron chi connectivity index (χ1n) is 7.67. The summed E-state index contributed by atoms with van der Waals surface area (Å²) in [6, 6.07) is 0.764. The van der Waals surface area contributed by atoms with Crippen LogP contribution < -0.4 is 10.6 Å². The Morgan fingerprint density at radius 1 is 1.52 bits per heavy atom. The van der Waals surface area contributed by atoms with Crippen molar-refractivity contribution < 1.29 is 0 Å². The zero-order valence-corrected chi connectivity index (χ0v) is 13.9. The lowest BCUT2D eigenvalue weighted by Gasteiger charge is -2.36. The lowest BCUT2D eigenvalue weighted by atomic mass is 10.0. The van der Waals surface area contributed by atoms with E-state index in [9.17, 15) is 0 Å². The first kappa shape index (κ1) is 14.8. The second-order valence-electron chi connectivity index (χ2n) is 6.32. The van der Waals surface area contributed by atoms with Crippen molar-refractivity contribution in [3.8, 4) is 0 Å². The summed E-state index contributed by atoms with van der Waals surface area (Å²) >= 11 is 1.69. The Bertz CT molecular complexity index is 600. The monoisotopic (exact) mass is 307 g/mol. The molecule has 21 heavy (non-hydrogen) atoms. The predicted molar refractivity (Wildman–Crippen MR) is 89.3 cm³/mol. The van der Waals surface area contributed by atoms with Crippen LogP contribution in [0.5, 0.6) is 0 Å². The number of thiazole rings is 1. The van der Waals surface area contributed by atoms with Gasteiger partial charge in [-0.2, -0.15) is 0 Å². The van der Waals surface area contributed by atoms with Crippen molar-refractivity contribution in [2.75, 3.05) is 32.1 Å². The summed E-state index contributed by atoms with van der Waals surface area (Å²) in [6.45, 7) is 4.22. The third-order valence-electron chi connectivity index (χ3n) is 4.28. The number of likely N-dealkylation sites (N-methyl/N-ethyl adjacent to an activating group) is 1. The van der Waals surface area contributed by atoms with Crippen LogP contribution in [-0.4, -0.2) is 53.6 Å². The molecule has 0 aromatic carbocycles. The van der Waals surface area contributed by atoms with Gasteiger partial charge >= 0.3 is 0 Å². The summed E-state index contributed by atoms with van der Waals surface area (Å²) in [7, 11) is 4.34. The van der Waals surface area contributed by atoms with E-state index in [4.69, 9.17) is 10.7 Å². The molecule has 2 aromatic heterocycles. The van der Waals surface area contributed by atoms with Crippen LogP contribution in [0.15, 0.2) is 11.6 Å². The largest absolute Gasteiger partial charge is 0.353 e. The van der Waals surface area contributed by atoms with Crippen LogP contribution >= 0.6 is 11.3 Å². The van der Waals surface area contributed by atoms with Crippen LogP contribution in [0.1, 0.15) is 25.5 Å². The van der Waals surface area contributed by atoms with Gasteiger partial charge in [0, 0.05) is 43.2 Å². The van der Waals surface area contributed by atoms with E-state index in [1.165, 1.54) is 18.5 Å². The molecule has 0 saturated carbocycles. The van der Waals surface area contributed by atoms with Gasteiger partial charge < -0.3 is 15.5 Å². The number of rotatable bonds is 4. The van der Waals surface area contributed by atoms with Gasteiger partial charge in [-0.05, 0) is 33.9 Å². The number of fused-ring (bicyclic) bond motifs is 1. The number of hydrogen-bond acceptors (Lipinski definition) is 5. The summed E-state index contributed by atoms with van der Waals surface area (Å²) in [5, 5.41) is 2.09.